The Labute approximate surface area is 99.0 Å². The third-order valence-electron chi connectivity index (χ3n) is 1.98. The van der Waals surface area contributed by atoms with Gasteiger partial charge in [0.2, 0.25) is 0 Å². The third kappa shape index (κ3) is 4.14. The number of rotatable bonds is 5. The normalized spacial score (nSPS) is 9.71. The lowest BCUT2D eigenvalue weighted by Gasteiger charge is -2.09. The van der Waals surface area contributed by atoms with Crippen LogP contribution >= 0.6 is 0 Å². The Balaban J connectivity index is 2.70. The van der Waals surface area contributed by atoms with Crippen LogP contribution in [0.5, 0.6) is 11.5 Å². The van der Waals surface area contributed by atoms with Gasteiger partial charge >= 0.3 is 11.9 Å². The summed E-state index contributed by atoms with van der Waals surface area (Å²) >= 11 is 0. The lowest BCUT2D eigenvalue weighted by molar-refractivity contribution is -0.158. The van der Waals surface area contributed by atoms with E-state index < -0.39 is 11.9 Å². The first kappa shape index (κ1) is 13.0. The number of esters is 1. The second-order valence-electron chi connectivity index (χ2n) is 3.34. The zero-order chi connectivity index (χ0) is 12.7. The average molecular weight is 238 g/mol. The highest BCUT2D eigenvalue weighted by Gasteiger charge is 2.16. The molecule has 0 atom stereocenters. The number of carbonyl (C=O) groups excluding carboxylic acids is 1. The molecule has 1 aromatic rings. The van der Waals surface area contributed by atoms with Crippen molar-refractivity contribution in [3.63, 3.8) is 0 Å². The molecule has 0 amide bonds. The van der Waals surface area contributed by atoms with Gasteiger partial charge in [-0.2, -0.15) is 0 Å². The van der Waals surface area contributed by atoms with Crippen molar-refractivity contribution < 1.29 is 24.2 Å². The fourth-order valence-electron chi connectivity index (χ4n) is 1.12. The number of carboxylic acid groups (broad SMARTS) is 1. The molecule has 0 unspecified atom stereocenters. The number of para-hydroxylation sites is 2. The molecular weight excluding hydrogens is 224 g/mol. The van der Waals surface area contributed by atoms with Gasteiger partial charge in [0.1, 0.15) is 0 Å². The number of hydrogen-bond donors (Lipinski definition) is 1. The minimum atomic E-state index is -1.63. The van der Waals surface area contributed by atoms with E-state index in [4.69, 9.17) is 9.84 Å². The topological polar surface area (TPSA) is 72.8 Å². The van der Waals surface area contributed by atoms with E-state index in [1.54, 1.807) is 18.2 Å². The second kappa shape index (κ2) is 6.52. The molecule has 92 valence electrons. The van der Waals surface area contributed by atoms with Crippen LogP contribution in [0, 0.1) is 0 Å². The molecule has 0 aliphatic carbocycles. The highest BCUT2D eigenvalue weighted by atomic mass is 16.6. The number of carbonyl (C=O) groups is 2. The Morgan fingerprint density at radius 3 is 2.47 bits per heavy atom. The zero-order valence-corrected chi connectivity index (χ0v) is 9.51. The van der Waals surface area contributed by atoms with Gasteiger partial charge in [-0.15, -0.1) is 0 Å². The van der Waals surface area contributed by atoms with Gasteiger partial charge < -0.3 is 14.6 Å². The maximum atomic E-state index is 10.9. The van der Waals surface area contributed by atoms with Gasteiger partial charge in [0.05, 0.1) is 6.61 Å². The number of benzene rings is 1. The summed E-state index contributed by atoms with van der Waals surface area (Å²) in [5, 5.41) is 8.43. The molecule has 0 spiro atoms. The molecule has 1 aromatic carbocycles. The average Bonchev–Trinajstić information content (AvgIpc) is 2.31. The first-order valence-electron chi connectivity index (χ1n) is 5.32. The Morgan fingerprint density at radius 1 is 1.24 bits per heavy atom. The van der Waals surface area contributed by atoms with Gasteiger partial charge in [0, 0.05) is 0 Å². The smallest absolute Gasteiger partial charge is 0.422 e. The Bertz CT molecular complexity index is 400. The van der Waals surface area contributed by atoms with Gasteiger partial charge in [-0.1, -0.05) is 25.5 Å². The van der Waals surface area contributed by atoms with E-state index in [2.05, 4.69) is 4.74 Å². The van der Waals surface area contributed by atoms with Crippen molar-refractivity contribution in [1.29, 1.82) is 0 Å². The van der Waals surface area contributed by atoms with Crippen LogP contribution in [0.4, 0.5) is 0 Å². The van der Waals surface area contributed by atoms with Crippen LogP contribution in [0.3, 0.4) is 0 Å². The number of ether oxygens (including phenoxy) is 2. The third-order valence-corrected chi connectivity index (χ3v) is 1.98. The van der Waals surface area contributed by atoms with Gasteiger partial charge in [0.25, 0.3) is 0 Å². The van der Waals surface area contributed by atoms with E-state index in [0.717, 1.165) is 12.8 Å². The molecule has 0 heterocycles. The SMILES string of the molecule is CCCCOc1ccccc1OC(=O)C(=O)O. The molecule has 1 N–H and O–H groups in total. The van der Waals surface area contributed by atoms with Crippen LogP contribution in [-0.4, -0.2) is 23.7 Å². The minimum Gasteiger partial charge on any atom is -0.490 e. The van der Waals surface area contributed by atoms with Crippen LogP contribution in [0.1, 0.15) is 19.8 Å². The zero-order valence-electron chi connectivity index (χ0n) is 9.51. The monoisotopic (exact) mass is 238 g/mol. The predicted molar refractivity (Wildman–Crippen MR) is 60.1 cm³/mol. The van der Waals surface area contributed by atoms with Crippen molar-refractivity contribution in [1.82, 2.24) is 0 Å². The molecule has 5 heteroatoms. The van der Waals surface area contributed by atoms with E-state index in [1.807, 2.05) is 6.92 Å². The van der Waals surface area contributed by atoms with Crippen LogP contribution in [-0.2, 0) is 9.59 Å². The summed E-state index contributed by atoms with van der Waals surface area (Å²) in [5.41, 5.74) is 0. The number of carboxylic acids is 1. The first-order valence-corrected chi connectivity index (χ1v) is 5.32. The Hall–Kier alpha value is -2.04. The van der Waals surface area contributed by atoms with E-state index in [-0.39, 0.29) is 5.75 Å². The largest absolute Gasteiger partial charge is 0.490 e. The molecule has 0 aromatic heterocycles. The molecule has 0 aliphatic heterocycles. The van der Waals surface area contributed by atoms with Gasteiger partial charge in [0.15, 0.2) is 11.5 Å². The van der Waals surface area contributed by atoms with E-state index in [0.29, 0.717) is 12.4 Å². The van der Waals surface area contributed by atoms with Crippen LogP contribution in [0.25, 0.3) is 0 Å². The van der Waals surface area contributed by atoms with Crippen LogP contribution in [0.2, 0.25) is 0 Å². The molecule has 17 heavy (non-hydrogen) atoms. The molecule has 5 nitrogen and oxygen atoms in total. The number of unbranched alkanes of at least 4 members (excludes halogenated alkanes) is 1. The summed E-state index contributed by atoms with van der Waals surface area (Å²) in [5.74, 6) is -2.46. The van der Waals surface area contributed by atoms with E-state index in [1.165, 1.54) is 6.07 Å². The van der Waals surface area contributed by atoms with Gasteiger partial charge in [-0.05, 0) is 18.6 Å². The number of hydrogen-bond acceptors (Lipinski definition) is 4. The molecule has 0 radical (unpaired) electrons. The molecule has 0 saturated heterocycles. The minimum absolute atomic E-state index is 0.121. The fraction of sp³-hybridized carbons (Fsp3) is 0.333. The predicted octanol–water partition coefficient (Wildman–Crippen LogP) is 1.86. The Morgan fingerprint density at radius 2 is 1.88 bits per heavy atom. The summed E-state index contributed by atoms with van der Waals surface area (Å²) < 4.78 is 10.1. The van der Waals surface area contributed by atoms with Crippen LogP contribution in [0.15, 0.2) is 24.3 Å². The summed E-state index contributed by atoms with van der Waals surface area (Å²) in [6.07, 6.45) is 1.86. The standard InChI is InChI=1S/C12H14O5/c1-2-3-8-16-9-6-4-5-7-10(9)17-12(15)11(13)14/h4-7H,2-3,8H2,1H3,(H,13,14). The lowest BCUT2D eigenvalue weighted by Crippen LogP contribution is -2.19. The van der Waals surface area contributed by atoms with Crippen molar-refractivity contribution in [3.8, 4) is 11.5 Å². The molecule has 0 saturated carbocycles. The molecular formula is C12H14O5. The molecule has 1 rings (SSSR count). The summed E-state index contributed by atoms with van der Waals surface area (Å²) in [6.45, 7) is 2.53. The van der Waals surface area contributed by atoms with Crippen molar-refractivity contribution in [3.05, 3.63) is 24.3 Å². The molecule has 0 fully saturated rings. The van der Waals surface area contributed by atoms with Crippen molar-refractivity contribution >= 4 is 11.9 Å². The first-order chi connectivity index (χ1) is 8.15. The van der Waals surface area contributed by atoms with Crippen molar-refractivity contribution in [2.75, 3.05) is 6.61 Å². The highest BCUT2D eigenvalue weighted by Crippen LogP contribution is 2.26. The van der Waals surface area contributed by atoms with Crippen molar-refractivity contribution in [2.24, 2.45) is 0 Å². The van der Waals surface area contributed by atoms with E-state index in [9.17, 15) is 9.59 Å². The second-order valence-corrected chi connectivity index (χ2v) is 3.34. The summed E-state index contributed by atoms with van der Waals surface area (Å²) in [7, 11) is 0. The van der Waals surface area contributed by atoms with Gasteiger partial charge in [-0.25, -0.2) is 9.59 Å². The summed E-state index contributed by atoms with van der Waals surface area (Å²) in [6, 6.07) is 6.47. The molecule has 0 bridgehead atoms. The van der Waals surface area contributed by atoms with Gasteiger partial charge in [-0.3, -0.25) is 0 Å². The number of aliphatic carboxylic acids is 1. The Kier molecular flexibility index (Phi) is 5.00. The molecule has 0 aliphatic rings. The fourth-order valence-corrected chi connectivity index (χ4v) is 1.12. The van der Waals surface area contributed by atoms with Crippen LogP contribution < -0.4 is 9.47 Å². The lowest BCUT2D eigenvalue weighted by atomic mass is 10.3. The maximum absolute atomic E-state index is 10.9. The van der Waals surface area contributed by atoms with Crippen molar-refractivity contribution in [2.45, 2.75) is 19.8 Å². The quantitative estimate of drug-likeness (QED) is 0.367. The summed E-state index contributed by atoms with van der Waals surface area (Å²) in [4.78, 5) is 21.3. The maximum Gasteiger partial charge on any atom is 0.422 e. The van der Waals surface area contributed by atoms with E-state index >= 15 is 0 Å². The highest BCUT2D eigenvalue weighted by molar-refractivity contribution is 6.29.